The molecule has 5 heteroatoms. The summed E-state index contributed by atoms with van der Waals surface area (Å²) < 4.78 is 5.02. The van der Waals surface area contributed by atoms with Crippen molar-refractivity contribution in [2.45, 2.75) is 58.0 Å². The van der Waals surface area contributed by atoms with E-state index in [2.05, 4.69) is 36.0 Å². The van der Waals surface area contributed by atoms with E-state index < -0.39 is 0 Å². The number of aromatic nitrogens is 2. The highest BCUT2D eigenvalue weighted by atomic mass is 16.5. The lowest BCUT2D eigenvalue weighted by atomic mass is 9.90. The molecule has 0 radical (unpaired) electrons. The lowest BCUT2D eigenvalue weighted by Gasteiger charge is -2.39. The zero-order chi connectivity index (χ0) is 19.2. The number of pyridine rings is 2. The maximum absolute atomic E-state index is 11.6. The molecule has 3 heterocycles. The number of carbonyl (C=O) groups excluding carboxylic acids is 1. The Bertz CT molecular complexity index is 778. The van der Waals surface area contributed by atoms with Crippen LogP contribution in [0.5, 0.6) is 0 Å². The van der Waals surface area contributed by atoms with Crippen molar-refractivity contribution in [3.63, 3.8) is 0 Å². The number of nitrogens with zero attached hydrogens (tertiary/aromatic N) is 3. The van der Waals surface area contributed by atoms with Crippen LogP contribution >= 0.6 is 0 Å². The van der Waals surface area contributed by atoms with Gasteiger partial charge in [0.2, 0.25) is 0 Å². The quantitative estimate of drug-likeness (QED) is 0.717. The fourth-order valence-electron chi connectivity index (χ4n) is 3.95. The Morgan fingerprint density at radius 1 is 1.22 bits per heavy atom. The third-order valence-corrected chi connectivity index (χ3v) is 5.36. The summed E-state index contributed by atoms with van der Waals surface area (Å²) in [4.78, 5) is 23.5. The third-order valence-electron chi connectivity index (χ3n) is 5.36. The van der Waals surface area contributed by atoms with Gasteiger partial charge in [0.05, 0.1) is 36.5 Å². The van der Waals surface area contributed by atoms with E-state index in [1.54, 1.807) is 0 Å². The number of esters is 1. The molecule has 0 saturated carbocycles. The highest BCUT2D eigenvalue weighted by molar-refractivity contribution is 5.69. The highest BCUT2D eigenvalue weighted by Gasteiger charge is 2.31. The van der Waals surface area contributed by atoms with Gasteiger partial charge in [0.25, 0.3) is 0 Å². The summed E-state index contributed by atoms with van der Waals surface area (Å²) in [6, 6.07) is 10.9. The lowest BCUT2D eigenvalue weighted by molar-refractivity contribution is -0.143. The van der Waals surface area contributed by atoms with E-state index in [4.69, 9.17) is 9.72 Å². The van der Waals surface area contributed by atoms with Gasteiger partial charge >= 0.3 is 5.97 Å². The van der Waals surface area contributed by atoms with Crippen molar-refractivity contribution in [2.75, 3.05) is 13.7 Å². The SMILES string of the molecule is CCOC(=O)CCc1cccc([C@H]2CCC[C@@H](c3ncccc3C)N2C)n1. The van der Waals surface area contributed by atoms with Crippen LogP contribution in [0.25, 0.3) is 0 Å². The molecule has 0 N–H and O–H groups in total. The van der Waals surface area contributed by atoms with Gasteiger partial charge in [-0.2, -0.15) is 0 Å². The molecule has 0 aliphatic carbocycles. The zero-order valence-electron chi connectivity index (χ0n) is 16.5. The molecule has 144 valence electrons. The standard InChI is InChI=1S/C22H29N3O2/c1-4-27-21(26)14-13-17-9-5-10-18(24-17)19-11-6-12-20(25(19)3)22-16(2)8-7-15-23-22/h5,7-10,15,19-20H,4,6,11-14H2,1-3H3/t19-,20+/m1/s1. The van der Waals surface area contributed by atoms with Gasteiger partial charge in [-0.25, -0.2) is 0 Å². The van der Waals surface area contributed by atoms with Crippen LogP contribution in [0.15, 0.2) is 36.5 Å². The van der Waals surface area contributed by atoms with Crippen molar-refractivity contribution < 1.29 is 9.53 Å². The van der Waals surface area contributed by atoms with Crippen LogP contribution in [0.4, 0.5) is 0 Å². The van der Waals surface area contributed by atoms with Crippen LogP contribution in [0, 0.1) is 6.92 Å². The van der Waals surface area contributed by atoms with Crippen molar-refractivity contribution in [3.05, 3.63) is 59.2 Å². The Kier molecular flexibility index (Phi) is 6.56. The van der Waals surface area contributed by atoms with E-state index in [0.717, 1.165) is 30.7 Å². The summed E-state index contributed by atoms with van der Waals surface area (Å²) in [7, 11) is 2.18. The first-order chi connectivity index (χ1) is 13.1. The summed E-state index contributed by atoms with van der Waals surface area (Å²) in [5.74, 6) is -0.162. The average Bonchev–Trinajstić information content (AvgIpc) is 2.68. The molecule has 0 unspecified atom stereocenters. The second-order valence-electron chi connectivity index (χ2n) is 7.19. The monoisotopic (exact) mass is 367 g/mol. The number of rotatable bonds is 6. The normalized spacial score (nSPS) is 20.4. The van der Waals surface area contributed by atoms with Crippen LogP contribution in [0.1, 0.15) is 67.3 Å². The van der Waals surface area contributed by atoms with Crippen LogP contribution in [-0.2, 0) is 16.0 Å². The van der Waals surface area contributed by atoms with Gasteiger partial charge in [0.15, 0.2) is 0 Å². The summed E-state index contributed by atoms with van der Waals surface area (Å²) in [6.45, 7) is 4.39. The predicted molar refractivity (Wildman–Crippen MR) is 105 cm³/mol. The summed E-state index contributed by atoms with van der Waals surface area (Å²) in [5, 5.41) is 0. The molecule has 1 aliphatic heterocycles. The first-order valence-electron chi connectivity index (χ1n) is 9.85. The molecule has 0 bridgehead atoms. The molecular formula is C22H29N3O2. The summed E-state index contributed by atoms with van der Waals surface area (Å²) in [6.07, 6.45) is 6.24. The molecule has 0 aromatic carbocycles. The Labute approximate surface area is 161 Å². The molecule has 1 saturated heterocycles. The number of piperidine rings is 1. The number of ether oxygens (including phenoxy) is 1. The number of hydrogen-bond donors (Lipinski definition) is 0. The number of carbonyl (C=O) groups is 1. The minimum atomic E-state index is -0.162. The van der Waals surface area contributed by atoms with E-state index in [9.17, 15) is 4.79 Å². The van der Waals surface area contributed by atoms with Gasteiger partial charge in [0.1, 0.15) is 0 Å². The van der Waals surface area contributed by atoms with Gasteiger partial charge in [-0.1, -0.05) is 12.1 Å². The molecule has 1 fully saturated rings. The first kappa shape index (κ1) is 19.5. The molecule has 2 aromatic heterocycles. The Balaban J connectivity index is 1.74. The Hall–Kier alpha value is -2.27. The van der Waals surface area contributed by atoms with Gasteiger partial charge in [-0.15, -0.1) is 0 Å². The summed E-state index contributed by atoms with van der Waals surface area (Å²) >= 11 is 0. The van der Waals surface area contributed by atoms with E-state index >= 15 is 0 Å². The second-order valence-corrected chi connectivity index (χ2v) is 7.19. The fourth-order valence-corrected chi connectivity index (χ4v) is 3.95. The highest BCUT2D eigenvalue weighted by Crippen LogP contribution is 2.39. The molecule has 0 amide bonds. The number of likely N-dealkylation sites (tertiary alicyclic amines) is 1. The minimum absolute atomic E-state index is 0.162. The van der Waals surface area contributed by atoms with Crippen molar-refractivity contribution in [2.24, 2.45) is 0 Å². The molecule has 2 atom stereocenters. The predicted octanol–water partition coefficient (Wildman–Crippen LogP) is 4.18. The number of hydrogen-bond acceptors (Lipinski definition) is 5. The van der Waals surface area contributed by atoms with Crippen molar-refractivity contribution in [3.8, 4) is 0 Å². The van der Waals surface area contributed by atoms with Crippen LogP contribution in [-0.4, -0.2) is 34.5 Å². The molecule has 5 nitrogen and oxygen atoms in total. The van der Waals surface area contributed by atoms with Crippen LogP contribution < -0.4 is 0 Å². The van der Waals surface area contributed by atoms with E-state index in [1.165, 1.54) is 11.3 Å². The van der Waals surface area contributed by atoms with Gasteiger partial charge in [0, 0.05) is 18.3 Å². The smallest absolute Gasteiger partial charge is 0.306 e. The maximum atomic E-state index is 11.6. The van der Waals surface area contributed by atoms with Gasteiger partial charge < -0.3 is 4.74 Å². The van der Waals surface area contributed by atoms with Crippen molar-refractivity contribution in [1.29, 1.82) is 0 Å². The van der Waals surface area contributed by atoms with E-state index in [1.807, 2.05) is 31.3 Å². The molecule has 0 spiro atoms. The van der Waals surface area contributed by atoms with E-state index in [0.29, 0.717) is 25.5 Å². The maximum Gasteiger partial charge on any atom is 0.306 e. The lowest BCUT2D eigenvalue weighted by Crippen LogP contribution is -2.34. The first-order valence-corrected chi connectivity index (χ1v) is 9.85. The van der Waals surface area contributed by atoms with Gasteiger partial charge in [-0.05, 0) is 63.9 Å². The van der Waals surface area contributed by atoms with E-state index in [-0.39, 0.29) is 12.0 Å². The third kappa shape index (κ3) is 4.72. The molecule has 3 rings (SSSR count). The second kappa shape index (κ2) is 9.09. The van der Waals surface area contributed by atoms with Gasteiger partial charge in [-0.3, -0.25) is 19.7 Å². The number of aryl methyl sites for hydroxylation is 2. The largest absolute Gasteiger partial charge is 0.466 e. The van der Waals surface area contributed by atoms with Crippen LogP contribution in [0.3, 0.4) is 0 Å². The zero-order valence-corrected chi connectivity index (χ0v) is 16.5. The Morgan fingerprint density at radius 2 is 2.04 bits per heavy atom. The minimum Gasteiger partial charge on any atom is -0.466 e. The Morgan fingerprint density at radius 3 is 2.81 bits per heavy atom. The topological polar surface area (TPSA) is 55.3 Å². The van der Waals surface area contributed by atoms with Crippen molar-refractivity contribution >= 4 is 5.97 Å². The molecule has 1 aliphatic rings. The molecule has 2 aromatic rings. The summed E-state index contributed by atoms with van der Waals surface area (Å²) in [5.41, 5.74) is 4.44. The average molecular weight is 367 g/mol. The molecular weight excluding hydrogens is 338 g/mol. The van der Waals surface area contributed by atoms with Crippen LogP contribution in [0.2, 0.25) is 0 Å². The van der Waals surface area contributed by atoms with Crippen molar-refractivity contribution in [1.82, 2.24) is 14.9 Å². The fraction of sp³-hybridized carbons (Fsp3) is 0.500. The molecule has 27 heavy (non-hydrogen) atoms.